The van der Waals surface area contributed by atoms with Crippen LogP contribution in [0.3, 0.4) is 0 Å². The molecule has 1 fully saturated rings. The lowest BCUT2D eigenvalue weighted by molar-refractivity contribution is 0.0683. The van der Waals surface area contributed by atoms with Crippen LogP contribution in [0, 0.1) is 12.8 Å². The molecule has 1 unspecified atom stereocenters. The minimum Gasteiger partial charge on any atom is -0.338 e. The third-order valence-electron chi connectivity index (χ3n) is 4.42. The fourth-order valence-electron chi connectivity index (χ4n) is 3.10. The van der Waals surface area contributed by atoms with E-state index in [0.29, 0.717) is 22.9 Å². The number of likely N-dealkylation sites (tertiary alicyclic amines) is 1. The SMILES string of the molecule is Cc1cc(C(=O)N2CCCC(C)C2)ccc1NC(=O)Nc1cn[nH]c1. The van der Waals surface area contributed by atoms with Crippen molar-refractivity contribution in [3.63, 3.8) is 0 Å². The van der Waals surface area contributed by atoms with E-state index < -0.39 is 0 Å². The first-order valence-electron chi connectivity index (χ1n) is 8.49. The molecule has 1 aromatic heterocycles. The number of anilines is 2. The second kappa shape index (κ2) is 7.38. The monoisotopic (exact) mass is 341 g/mol. The Morgan fingerprint density at radius 3 is 2.84 bits per heavy atom. The Balaban J connectivity index is 1.66. The number of H-pyrrole nitrogens is 1. The molecule has 1 aliphatic heterocycles. The maximum absolute atomic E-state index is 12.7. The van der Waals surface area contributed by atoms with E-state index in [1.807, 2.05) is 17.9 Å². The topological polar surface area (TPSA) is 90.1 Å². The summed E-state index contributed by atoms with van der Waals surface area (Å²) in [7, 11) is 0. The van der Waals surface area contributed by atoms with Gasteiger partial charge in [-0.2, -0.15) is 5.10 Å². The van der Waals surface area contributed by atoms with Gasteiger partial charge in [-0.05, 0) is 49.4 Å². The van der Waals surface area contributed by atoms with E-state index in [0.717, 1.165) is 25.1 Å². The Bertz CT molecular complexity index is 757. The van der Waals surface area contributed by atoms with Crippen molar-refractivity contribution < 1.29 is 9.59 Å². The van der Waals surface area contributed by atoms with E-state index in [1.54, 1.807) is 18.3 Å². The van der Waals surface area contributed by atoms with Gasteiger partial charge in [-0.3, -0.25) is 9.89 Å². The number of carbonyl (C=O) groups excluding carboxylic acids is 2. The van der Waals surface area contributed by atoms with Gasteiger partial charge in [0.25, 0.3) is 5.91 Å². The quantitative estimate of drug-likeness (QED) is 0.800. The zero-order chi connectivity index (χ0) is 17.8. The molecule has 0 saturated carbocycles. The number of aromatic amines is 1. The van der Waals surface area contributed by atoms with Crippen molar-refractivity contribution in [3.8, 4) is 0 Å². The Morgan fingerprint density at radius 2 is 2.16 bits per heavy atom. The third kappa shape index (κ3) is 4.17. The average molecular weight is 341 g/mol. The van der Waals surface area contributed by atoms with Crippen LogP contribution in [0.1, 0.15) is 35.7 Å². The number of benzene rings is 1. The molecule has 7 nitrogen and oxygen atoms in total. The number of aromatic nitrogens is 2. The molecule has 1 aliphatic rings. The van der Waals surface area contributed by atoms with Crippen molar-refractivity contribution in [3.05, 3.63) is 41.7 Å². The smallest absolute Gasteiger partial charge is 0.323 e. The van der Waals surface area contributed by atoms with E-state index >= 15 is 0 Å². The van der Waals surface area contributed by atoms with Gasteiger partial charge in [0.2, 0.25) is 0 Å². The van der Waals surface area contributed by atoms with Crippen LogP contribution in [0.2, 0.25) is 0 Å². The Kier molecular flexibility index (Phi) is 5.02. The fourth-order valence-corrected chi connectivity index (χ4v) is 3.10. The maximum Gasteiger partial charge on any atom is 0.323 e. The second-order valence-corrected chi connectivity index (χ2v) is 6.59. The van der Waals surface area contributed by atoms with Crippen LogP contribution in [0.25, 0.3) is 0 Å². The highest BCUT2D eigenvalue weighted by Gasteiger charge is 2.22. The summed E-state index contributed by atoms with van der Waals surface area (Å²) in [4.78, 5) is 26.6. The lowest BCUT2D eigenvalue weighted by atomic mass is 9.99. The molecule has 0 bridgehead atoms. The number of nitrogens with one attached hydrogen (secondary N) is 3. The highest BCUT2D eigenvalue weighted by molar-refractivity contribution is 6.01. The molecule has 2 aromatic rings. The first-order chi connectivity index (χ1) is 12.0. The summed E-state index contributed by atoms with van der Waals surface area (Å²) in [6.07, 6.45) is 5.35. The van der Waals surface area contributed by atoms with Crippen LogP contribution in [-0.2, 0) is 0 Å². The molecule has 132 valence electrons. The summed E-state index contributed by atoms with van der Waals surface area (Å²) < 4.78 is 0. The summed E-state index contributed by atoms with van der Waals surface area (Å²) in [5.41, 5.74) is 2.76. The minimum absolute atomic E-state index is 0.0593. The van der Waals surface area contributed by atoms with Crippen molar-refractivity contribution in [2.24, 2.45) is 5.92 Å². The zero-order valence-corrected chi connectivity index (χ0v) is 14.5. The molecule has 25 heavy (non-hydrogen) atoms. The Hall–Kier alpha value is -2.83. The Morgan fingerprint density at radius 1 is 1.32 bits per heavy atom. The lowest BCUT2D eigenvalue weighted by Crippen LogP contribution is -2.39. The highest BCUT2D eigenvalue weighted by Crippen LogP contribution is 2.21. The number of urea groups is 1. The number of carbonyl (C=O) groups is 2. The number of hydrogen-bond acceptors (Lipinski definition) is 3. The van der Waals surface area contributed by atoms with Crippen LogP contribution in [0.4, 0.5) is 16.2 Å². The first-order valence-corrected chi connectivity index (χ1v) is 8.49. The van der Waals surface area contributed by atoms with Gasteiger partial charge in [-0.15, -0.1) is 0 Å². The van der Waals surface area contributed by atoms with Crippen molar-refractivity contribution in [2.75, 3.05) is 23.7 Å². The first kappa shape index (κ1) is 17.0. The second-order valence-electron chi connectivity index (χ2n) is 6.59. The molecule has 7 heteroatoms. The Labute approximate surface area is 146 Å². The van der Waals surface area contributed by atoms with E-state index in [2.05, 4.69) is 27.8 Å². The average Bonchev–Trinajstić information content (AvgIpc) is 3.09. The van der Waals surface area contributed by atoms with Gasteiger partial charge in [0, 0.05) is 30.5 Å². The molecule has 3 N–H and O–H groups in total. The molecule has 0 radical (unpaired) electrons. The molecule has 0 aliphatic carbocycles. The van der Waals surface area contributed by atoms with E-state index in [9.17, 15) is 9.59 Å². The number of piperidine rings is 1. The summed E-state index contributed by atoms with van der Waals surface area (Å²) in [6, 6.07) is 5.01. The van der Waals surface area contributed by atoms with E-state index in [1.165, 1.54) is 12.6 Å². The van der Waals surface area contributed by atoms with Crippen LogP contribution < -0.4 is 10.6 Å². The summed E-state index contributed by atoms with van der Waals surface area (Å²) in [5.74, 6) is 0.607. The predicted molar refractivity (Wildman–Crippen MR) is 96.7 cm³/mol. The standard InChI is InChI=1S/C18H23N5O2/c1-12-4-3-7-23(11-12)17(24)14-5-6-16(13(2)8-14)22-18(25)21-15-9-19-20-10-15/h5-6,8-10,12H,3-4,7,11H2,1-2H3,(H,19,20)(H2,21,22,25). The van der Waals surface area contributed by atoms with Crippen LogP contribution in [0.15, 0.2) is 30.6 Å². The van der Waals surface area contributed by atoms with Gasteiger partial charge in [0.15, 0.2) is 0 Å². The van der Waals surface area contributed by atoms with Gasteiger partial charge >= 0.3 is 6.03 Å². The zero-order valence-electron chi connectivity index (χ0n) is 14.5. The predicted octanol–water partition coefficient (Wildman–Crippen LogP) is 3.23. The number of amides is 3. The largest absolute Gasteiger partial charge is 0.338 e. The van der Waals surface area contributed by atoms with Crippen LogP contribution >= 0.6 is 0 Å². The molecule has 3 amide bonds. The van der Waals surface area contributed by atoms with E-state index in [-0.39, 0.29) is 11.9 Å². The lowest BCUT2D eigenvalue weighted by Gasteiger charge is -2.31. The molecule has 1 atom stereocenters. The van der Waals surface area contributed by atoms with Crippen molar-refractivity contribution >= 4 is 23.3 Å². The van der Waals surface area contributed by atoms with Gasteiger partial charge in [-0.1, -0.05) is 6.92 Å². The third-order valence-corrected chi connectivity index (χ3v) is 4.42. The van der Waals surface area contributed by atoms with Crippen molar-refractivity contribution in [2.45, 2.75) is 26.7 Å². The molecule has 0 spiro atoms. The highest BCUT2D eigenvalue weighted by atomic mass is 16.2. The summed E-state index contributed by atoms with van der Waals surface area (Å²) in [6.45, 7) is 5.68. The van der Waals surface area contributed by atoms with E-state index in [4.69, 9.17) is 0 Å². The van der Waals surface area contributed by atoms with Gasteiger partial charge in [-0.25, -0.2) is 4.79 Å². The number of aryl methyl sites for hydroxylation is 1. The fraction of sp³-hybridized carbons (Fsp3) is 0.389. The molecular formula is C18H23N5O2. The van der Waals surface area contributed by atoms with Crippen molar-refractivity contribution in [1.29, 1.82) is 0 Å². The minimum atomic E-state index is -0.353. The molecule has 2 heterocycles. The van der Waals surface area contributed by atoms with Crippen LogP contribution in [-0.4, -0.2) is 40.1 Å². The molecule has 3 rings (SSSR count). The number of hydrogen-bond donors (Lipinski definition) is 3. The van der Waals surface area contributed by atoms with Crippen LogP contribution in [0.5, 0.6) is 0 Å². The van der Waals surface area contributed by atoms with Gasteiger partial charge < -0.3 is 15.5 Å². The van der Waals surface area contributed by atoms with Crippen molar-refractivity contribution in [1.82, 2.24) is 15.1 Å². The summed E-state index contributed by atoms with van der Waals surface area (Å²) >= 11 is 0. The molecule has 1 saturated heterocycles. The number of rotatable bonds is 3. The number of nitrogens with zero attached hydrogens (tertiary/aromatic N) is 2. The molecular weight excluding hydrogens is 318 g/mol. The molecule has 1 aromatic carbocycles. The van der Waals surface area contributed by atoms with Gasteiger partial charge in [0.05, 0.1) is 11.9 Å². The maximum atomic E-state index is 12.7. The van der Waals surface area contributed by atoms with Gasteiger partial charge in [0.1, 0.15) is 0 Å². The summed E-state index contributed by atoms with van der Waals surface area (Å²) in [5, 5.41) is 11.9. The normalized spacial score (nSPS) is 17.2.